The fourth-order valence-corrected chi connectivity index (χ4v) is 2.25. The number of nitrogens with one attached hydrogen (secondary N) is 1. The van der Waals surface area contributed by atoms with Gasteiger partial charge >= 0.3 is 0 Å². The maximum absolute atomic E-state index is 5.75. The minimum Gasteiger partial charge on any atom is -0.423 e. The third-order valence-corrected chi connectivity index (χ3v) is 4.08. The molecule has 1 aromatic heterocycles. The summed E-state index contributed by atoms with van der Waals surface area (Å²) in [5.74, 6) is 0. The number of benzene rings is 2. The van der Waals surface area contributed by atoms with E-state index >= 15 is 0 Å². The zero-order valence-corrected chi connectivity index (χ0v) is 12.7. The van der Waals surface area contributed by atoms with Gasteiger partial charge in [0.2, 0.25) is 0 Å². The largest absolute Gasteiger partial charge is 0.423 e. The molecule has 3 rings (SSSR count). The first-order valence-electron chi connectivity index (χ1n) is 7.31. The Kier molecular flexibility index (Phi) is 3.42. The predicted molar refractivity (Wildman–Crippen MR) is 87.1 cm³/mol. The Morgan fingerprint density at radius 3 is 2.57 bits per heavy atom. The van der Waals surface area contributed by atoms with E-state index < -0.39 is 0 Å². The second kappa shape index (κ2) is 5.24. The minimum absolute atomic E-state index is 0.153. The van der Waals surface area contributed by atoms with Crippen LogP contribution in [0.4, 0.5) is 11.7 Å². The second-order valence-corrected chi connectivity index (χ2v) is 5.93. The maximum atomic E-state index is 5.75. The molecule has 108 valence electrons. The Labute approximate surface area is 125 Å². The monoisotopic (exact) mass is 280 g/mol. The number of anilines is 2. The standard InChI is InChI=1S/C18H20N2O/c1-4-18(2,3)13-10-11-16-15(12-13)20-17(21-16)19-14-8-6-5-7-9-14/h5-12H,4H2,1-3H3,(H,19,20). The maximum Gasteiger partial charge on any atom is 0.300 e. The molecule has 0 spiro atoms. The molecule has 0 radical (unpaired) electrons. The first-order chi connectivity index (χ1) is 10.1. The lowest BCUT2D eigenvalue weighted by molar-refractivity contribution is 0.506. The summed E-state index contributed by atoms with van der Waals surface area (Å²) in [6, 6.07) is 16.7. The Hall–Kier alpha value is -2.29. The molecule has 2 aromatic carbocycles. The highest BCUT2D eigenvalue weighted by Gasteiger charge is 2.19. The van der Waals surface area contributed by atoms with Crippen LogP contribution in [-0.2, 0) is 5.41 Å². The van der Waals surface area contributed by atoms with Crippen LogP contribution in [0.5, 0.6) is 0 Å². The van der Waals surface area contributed by atoms with Crippen molar-refractivity contribution in [2.75, 3.05) is 5.32 Å². The highest BCUT2D eigenvalue weighted by Crippen LogP contribution is 2.30. The Bertz CT molecular complexity index is 744. The van der Waals surface area contributed by atoms with Crippen LogP contribution in [0.1, 0.15) is 32.8 Å². The average Bonchev–Trinajstić information content (AvgIpc) is 2.89. The summed E-state index contributed by atoms with van der Waals surface area (Å²) in [5, 5.41) is 3.19. The van der Waals surface area contributed by atoms with E-state index in [1.807, 2.05) is 36.4 Å². The van der Waals surface area contributed by atoms with Crippen molar-refractivity contribution in [3.63, 3.8) is 0 Å². The van der Waals surface area contributed by atoms with Gasteiger partial charge in [-0.05, 0) is 41.7 Å². The van der Waals surface area contributed by atoms with E-state index in [9.17, 15) is 0 Å². The summed E-state index contributed by atoms with van der Waals surface area (Å²) < 4.78 is 5.75. The smallest absolute Gasteiger partial charge is 0.300 e. The fraction of sp³-hybridized carbons (Fsp3) is 0.278. The number of nitrogens with zero attached hydrogens (tertiary/aromatic N) is 1. The van der Waals surface area contributed by atoms with Gasteiger partial charge in [0, 0.05) is 5.69 Å². The van der Waals surface area contributed by atoms with Crippen molar-refractivity contribution < 1.29 is 4.42 Å². The molecule has 3 heteroatoms. The van der Waals surface area contributed by atoms with Crippen molar-refractivity contribution in [3.8, 4) is 0 Å². The molecular weight excluding hydrogens is 260 g/mol. The lowest BCUT2D eigenvalue weighted by Gasteiger charge is -2.22. The number of hydrogen-bond acceptors (Lipinski definition) is 3. The SMILES string of the molecule is CCC(C)(C)c1ccc2oc(Nc3ccccc3)nc2c1. The third-order valence-electron chi connectivity index (χ3n) is 4.08. The van der Waals surface area contributed by atoms with E-state index in [-0.39, 0.29) is 5.41 Å². The number of rotatable bonds is 4. The van der Waals surface area contributed by atoms with E-state index in [1.54, 1.807) is 0 Å². The summed E-state index contributed by atoms with van der Waals surface area (Å²) in [7, 11) is 0. The number of oxazole rings is 1. The van der Waals surface area contributed by atoms with Gasteiger partial charge in [0.1, 0.15) is 5.52 Å². The van der Waals surface area contributed by atoms with Crippen molar-refractivity contribution in [1.82, 2.24) is 4.98 Å². The Balaban J connectivity index is 1.93. The zero-order valence-electron chi connectivity index (χ0n) is 12.7. The van der Waals surface area contributed by atoms with Crippen molar-refractivity contribution >= 4 is 22.8 Å². The van der Waals surface area contributed by atoms with Crippen LogP contribution in [0.25, 0.3) is 11.1 Å². The number of hydrogen-bond donors (Lipinski definition) is 1. The van der Waals surface area contributed by atoms with Crippen molar-refractivity contribution in [2.24, 2.45) is 0 Å². The van der Waals surface area contributed by atoms with Gasteiger partial charge in [0.15, 0.2) is 5.58 Å². The van der Waals surface area contributed by atoms with Gasteiger partial charge in [0.25, 0.3) is 6.01 Å². The van der Waals surface area contributed by atoms with Crippen molar-refractivity contribution in [2.45, 2.75) is 32.6 Å². The van der Waals surface area contributed by atoms with Gasteiger partial charge < -0.3 is 9.73 Å². The lowest BCUT2D eigenvalue weighted by Crippen LogP contribution is -2.14. The quantitative estimate of drug-likeness (QED) is 0.708. The van der Waals surface area contributed by atoms with Crippen LogP contribution in [0.3, 0.4) is 0 Å². The zero-order chi connectivity index (χ0) is 14.9. The van der Waals surface area contributed by atoms with Crippen LogP contribution in [0.15, 0.2) is 52.9 Å². The van der Waals surface area contributed by atoms with Crippen molar-refractivity contribution in [3.05, 3.63) is 54.1 Å². The molecule has 0 bridgehead atoms. The highest BCUT2D eigenvalue weighted by molar-refractivity contribution is 5.76. The second-order valence-electron chi connectivity index (χ2n) is 5.93. The first kappa shape index (κ1) is 13.7. The molecule has 21 heavy (non-hydrogen) atoms. The molecule has 0 saturated carbocycles. The number of para-hydroxylation sites is 1. The van der Waals surface area contributed by atoms with Crippen LogP contribution >= 0.6 is 0 Å². The molecule has 0 fully saturated rings. The molecule has 1 N–H and O–H groups in total. The summed E-state index contributed by atoms with van der Waals surface area (Å²) in [6.45, 7) is 6.70. The van der Waals surface area contributed by atoms with Crippen molar-refractivity contribution in [1.29, 1.82) is 0 Å². The molecule has 0 atom stereocenters. The average molecular weight is 280 g/mol. The Morgan fingerprint density at radius 2 is 1.86 bits per heavy atom. The summed E-state index contributed by atoms with van der Waals surface area (Å²) in [6.07, 6.45) is 1.09. The van der Waals surface area contributed by atoms with E-state index in [0.29, 0.717) is 6.01 Å². The molecule has 0 aliphatic rings. The third kappa shape index (κ3) is 2.77. The topological polar surface area (TPSA) is 38.1 Å². The van der Waals surface area contributed by atoms with Gasteiger partial charge in [0.05, 0.1) is 0 Å². The molecule has 1 heterocycles. The van der Waals surface area contributed by atoms with Crippen LogP contribution in [0.2, 0.25) is 0 Å². The molecule has 0 amide bonds. The molecular formula is C18H20N2O. The van der Waals surface area contributed by atoms with Crippen LogP contribution < -0.4 is 5.32 Å². The molecule has 3 nitrogen and oxygen atoms in total. The van der Waals surface area contributed by atoms with Gasteiger partial charge in [-0.15, -0.1) is 0 Å². The normalized spacial score (nSPS) is 11.8. The molecule has 0 unspecified atom stereocenters. The van der Waals surface area contributed by atoms with Gasteiger partial charge in [-0.3, -0.25) is 0 Å². The van der Waals surface area contributed by atoms with E-state index in [0.717, 1.165) is 23.2 Å². The van der Waals surface area contributed by atoms with E-state index in [1.165, 1.54) is 5.56 Å². The first-order valence-corrected chi connectivity index (χ1v) is 7.31. The predicted octanol–water partition coefficient (Wildman–Crippen LogP) is 5.26. The minimum atomic E-state index is 0.153. The molecule has 3 aromatic rings. The van der Waals surface area contributed by atoms with Gasteiger partial charge in [-0.25, -0.2) is 0 Å². The number of aromatic nitrogens is 1. The van der Waals surface area contributed by atoms with Gasteiger partial charge in [-0.1, -0.05) is 45.0 Å². The molecule has 0 aliphatic heterocycles. The van der Waals surface area contributed by atoms with E-state index in [2.05, 4.69) is 43.2 Å². The summed E-state index contributed by atoms with van der Waals surface area (Å²) >= 11 is 0. The lowest BCUT2D eigenvalue weighted by atomic mass is 9.82. The van der Waals surface area contributed by atoms with Crippen LogP contribution in [-0.4, -0.2) is 4.98 Å². The molecule has 0 aliphatic carbocycles. The van der Waals surface area contributed by atoms with E-state index in [4.69, 9.17) is 4.42 Å². The fourth-order valence-electron chi connectivity index (χ4n) is 2.25. The summed E-state index contributed by atoms with van der Waals surface area (Å²) in [5.41, 5.74) is 4.12. The van der Waals surface area contributed by atoms with Gasteiger partial charge in [-0.2, -0.15) is 4.98 Å². The molecule has 0 saturated heterocycles. The summed E-state index contributed by atoms with van der Waals surface area (Å²) in [4.78, 5) is 4.54. The Morgan fingerprint density at radius 1 is 1.10 bits per heavy atom. The highest BCUT2D eigenvalue weighted by atomic mass is 16.4. The van der Waals surface area contributed by atoms with Crippen LogP contribution in [0, 0.1) is 0 Å². The number of fused-ring (bicyclic) bond motifs is 1.